The molecular formula is C11H10ClN3O2S2. The molecular weight excluding hydrogens is 306 g/mol. The Hall–Kier alpha value is -1.31. The van der Waals surface area contributed by atoms with E-state index in [2.05, 4.69) is 14.9 Å². The first-order valence-electron chi connectivity index (χ1n) is 5.28. The molecule has 0 spiro atoms. The van der Waals surface area contributed by atoms with Gasteiger partial charge in [-0.2, -0.15) is 0 Å². The lowest BCUT2D eigenvalue weighted by atomic mass is 10.3. The zero-order chi connectivity index (χ0) is 13.8. The van der Waals surface area contributed by atoms with Gasteiger partial charge >= 0.3 is 0 Å². The molecule has 1 aromatic carbocycles. The van der Waals surface area contributed by atoms with Crippen LogP contribution in [0.3, 0.4) is 0 Å². The predicted molar refractivity (Wildman–Crippen MR) is 74.6 cm³/mol. The molecule has 2 rings (SSSR count). The van der Waals surface area contributed by atoms with Crippen LogP contribution < -0.4 is 5.32 Å². The average Bonchev–Trinajstić information content (AvgIpc) is 2.93. The molecule has 0 aliphatic rings. The molecule has 1 N–H and O–H groups in total. The molecule has 1 amide bonds. The Balaban J connectivity index is 2.36. The van der Waals surface area contributed by atoms with Crippen LogP contribution in [0, 0.1) is 0 Å². The summed E-state index contributed by atoms with van der Waals surface area (Å²) in [4.78, 5) is 12.4. The van der Waals surface area contributed by atoms with Crippen LogP contribution in [-0.4, -0.2) is 26.8 Å². The molecule has 2 unspecified atom stereocenters. The number of hydrogen-bond acceptors (Lipinski definition) is 5. The maximum atomic E-state index is 12.5. The van der Waals surface area contributed by atoms with Crippen LogP contribution in [0.5, 0.6) is 0 Å². The minimum Gasteiger partial charge on any atom is -0.358 e. The van der Waals surface area contributed by atoms with E-state index in [0.717, 1.165) is 11.5 Å². The summed E-state index contributed by atoms with van der Waals surface area (Å²) < 4.78 is 16.2. The minimum absolute atomic E-state index is 0.360. The lowest BCUT2D eigenvalue weighted by Crippen LogP contribution is -2.29. The van der Waals surface area contributed by atoms with E-state index in [1.165, 1.54) is 7.05 Å². The maximum absolute atomic E-state index is 12.5. The van der Waals surface area contributed by atoms with Gasteiger partial charge in [0.15, 0.2) is 5.25 Å². The van der Waals surface area contributed by atoms with Gasteiger partial charge in [-0.3, -0.25) is 9.00 Å². The Bertz CT molecular complexity index is 586. The second-order valence-corrected chi connectivity index (χ2v) is 6.16. The van der Waals surface area contributed by atoms with Crippen molar-refractivity contribution in [1.29, 1.82) is 0 Å². The maximum Gasteiger partial charge on any atom is 0.242 e. The third-order valence-corrected chi connectivity index (χ3v) is 4.79. The summed E-state index contributed by atoms with van der Waals surface area (Å²) in [5.41, 5.74) is 0.401. The summed E-state index contributed by atoms with van der Waals surface area (Å²) >= 11 is 6.90. The lowest BCUT2D eigenvalue weighted by Gasteiger charge is -2.12. The van der Waals surface area contributed by atoms with Gasteiger partial charge in [-0.05, 0) is 35.8 Å². The highest BCUT2D eigenvalue weighted by Gasteiger charge is 2.29. The van der Waals surface area contributed by atoms with Crippen molar-refractivity contribution < 1.29 is 9.00 Å². The molecule has 0 fully saturated rings. The van der Waals surface area contributed by atoms with Gasteiger partial charge < -0.3 is 5.32 Å². The van der Waals surface area contributed by atoms with E-state index in [0.29, 0.717) is 15.6 Å². The molecule has 2 aromatic rings. The van der Waals surface area contributed by atoms with Crippen LogP contribution >= 0.6 is 23.1 Å². The van der Waals surface area contributed by atoms with Crippen LogP contribution in [-0.2, 0) is 15.6 Å². The highest BCUT2D eigenvalue weighted by atomic mass is 35.5. The van der Waals surface area contributed by atoms with Gasteiger partial charge in [-0.1, -0.05) is 16.1 Å². The fourth-order valence-corrected chi connectivity index (χ4v) is 3.48. The SMILES string of the molecule is CNC(=O)C(c1csnn1)S(=O)c1ccc(Cl)cc1. The van der Waals surface area contributed by atoms with Crippen LogP contribution in [0.2, 0.25) is 5.02 Å². The van der Waals surface area contributed by atoms with Gasteiger partial charge in [0.05, 0.1) is 10.8 Å². The van der Waals surface area contributed by atoms with Crippen molar-refractivity contribution in [2.45, 2.75) is 10.1 Å². The number of amides is 1. The smallest absolute Gasteiger partial charge is 0.242 e. The average molecular weight is 316 g/mol. The molecule has 0 bridgehead atoms. The van der Waals surface area contributed by atoms with Gasteiger partial charge in [-0.25, -0.2) is 0 Å². The molecule has 0 saturated carbocycles. The second kappa shape index (κ2) is 6.23. The van der Waals surface area contributed by atoms with E-state index in [4.69, 9.17) is 11.6 Å². The van der Waals surface area contributed by atoms with Gasteiger partial charge in [0, 0.05) is 22.3 Å². The number of halogens is 1. The van der Waals surface area contributed by atoms with E-state index in [-0.39, 0.29) is 5.91 Å². The number of aromatic nitrogens is 2. The van der Waals surface area contributed by atoms with E-state index < -0.39 is 16.0 Å². The van der Waals surface area contributed by atoms with Gasteiger partial charge in [-0.15, -0.1) is 5.10 Å². The number of benzene rings is 1. The van der Waals surface area contributed by atoms with Crippen LogP contribution in [0.4, 0.5) is 0 Å². The molecule has 0 saturated heterocycles. The van der Waals surface area contributed by atoms with Crippen molar-refractivity contribution in [2.24, 2.45) is 0 Å². The summed E-state index contributed by atoms with van der Waals surface area (Å²) in [5.74, 6) is -0.360. The van der Waals surface area contributed by atoms with Crippen molar-refractivity contribution in [3.05, 3.63) is 40.4 Å². The van der Waals surface area contributed by atoms with Gasteiger partial charge in [0.25, 0.3) is 0 Å². The second-order valence-electron chi connectivity index (χ2n) is 3.58. The normalized spacial score (nSPS) is 13.8. The summed E-state index contributed by atoms with van der Waals surface area (Å²) in [5, 5.41) is 7.63. The molecule has 0 aliphatic heterocycles. The summed E-state index contributed by atoms with van der Waals surface area (Å²) in [6.45, 7) is 0. The number of carbonyl (C=O) groups excluding carboxylic acids is 1. The predicted octanol–water partition coefficient (Wildman–Crippen LogP) is 1.79. The number of nitrogens with one attached hydrogen (secondary N) is 1. The monoisotopic (exact) mass is 315 g/mol. The first-order chi connectivity index (χ1) is 9.13. The fourth-order valence-electron chi connectivity index (χ4n) is 1.46. The Morgan fingerprint density at radius 2 is 2.11 bits per heavy atom. The van der Waals surface area contributed by atoms with Crippen LogP contribution in [0.15, 0.2) is 34.5 Å². The molecule has 100 valence electrons. The van der Waals surface area contributed by atoms with Crippen LogP contribution in [0.25, 0.3) is 0 Å². The van der Waals surface area contributed by atoms with Crippen molar-refractivity contribution in [3.63, 3.8) is 0 Å². The Labute approximate surface area is 121 Å². The van der Waals surface area contributed by atoms with Crippen LogP contribution in [0.1, 0.15) is 10.9 Å². The molecule has 1 aromatic heterocycles. The third kappa shape index (κ3) is 3.17. The Morgan fingerprint density at radius 3 is 2.63 bits per heavy atom. The van der Waals surface area contributed by atoms with Crippen molar-refractivity contribution in [2.75, 3.05) is 7.05 Å². The van der Waals surface area contributed by atoms with Crippen molar-refractivity contribution >= 4 is 39.8 Å². The highest BCUT2D eigenvalue weighted by Crippen LogP contribution is 2.25. The van der Waals surface area contributed by atoms with E-state index in [1.807, 2.05) is 0 Å². The molecule has 8 heteroatoms. The summed E-state index contributed by atoms with van der Waals surface area (Å²) in [6.07, 6.45) is 0. The number of carbonyl (C=O) groups is 1. The van der Waals surface area contributed by atoms with E-state index in [1.54, 1.807) is 29.6 Å². The van der Waals surface area contributed by atoms with E-state index in [9.17, 15) is 9.00 Å². The van der Waals surface area contributed by atoms with Crippen molar-refractivity contribution in [1.82, 2.24) is 14.9 Å². The third-order valence-electron chi connectivity index (χ3n) is 2.39. The standard InChI is InChI=1S/C11H10ClN3O2S2/c1-13-11(16)10(9-6-18-15-14-9)19(17)8-4-2-7(12)3-5-8/h2-6,10H,1H3,(H,13,16). The molecule has 0 aliphatic carbocycles. The zero-order valence-electron chi connectivity index (χ0n) is 9.87. The zero-order valence-corrected chi connectivity index (χ0v) is 12.3. The van der Waals surface area contributed by atoms with Gasteiger partial charge in [0.1, 0.15) is 5.69 Å². The fraction of sp³-hybridized carbons (Fsp3) is 0.182. The topological polar surface area (TPSA) is 72.0 Å². The van der Waals surface area contributed by atoms with Crippen molar-refractivity contribution in [3.8, 4) is 0 Å². The number of nitrogens with zero attached hydrogens (tertiary/aromatic N) is 2. The largest absolute Gasteiger partial charge is 0.358 e. The number of rotatable bonds is 4. The Kier molecular flexibility index (Phi) is 4.62. The molecule has 0 radical (unpaired) electrons. The molecule has 5 nitrogen and oxygen atoms in total. The first-order valence-corrected chi connectivity index (χ1v) is 7.71. The Morgan fingerprint density at radius 1 is 1.42 bits per heavy atom. The minimum atomic E-state index is -1.56. The first kappa shape index (κ1) is 14.1. The molecule has 19 heavy (non-hydrogen) atoms. The summed E-state index contributed by atoms with van der Waals surface area (Å²) in [7, 11) is -0.0611. The number of likely N-dealkylation sites (N-methyl/N-ethyl adjacent to an activating group) is 1. The quantitative estimate of drug-likeness (QED) is 0.933. The van der Waals surface area contributed by atoms with E-state index >= 15 is 0 Å². The molecule has 2 atom stereocenters. The lowest BCUT2D eigenvalue weighted by molar-refractivity contribution is -0.120. The molecule has 1 heterocycles. The van der Waals surface area contributed by atoms with Gasteiger partial charge in [0.2, 0.25) is 5.91 Å². The highest BCUT2D eigenvalue weighted by molar-refractivity contribution is 7.86. The number of hydrogen-bond donors (Lipinski definition) is 1. The summed E-state index contributed by atoms with van der Waals surface area (Å²) in [6, 6.07) is 6.53.